The molecule has 6 nitrogen and oxygen atoms in total. The molecule has 3 aromatic heterocycles. The highest BCUT2D eigenvalue weighted by atomic mass is 19.1. The molecule has 0 bridgehead atoms. The molecule has 0 fully saturated rings. The van der Waals surface area contributed by atoms with E-state index in [2.05, 4.69) is 15.2 Å². The number of methoxy groups -OCH3 is 1. The van der Waals surface area contributed by atoms with Crippen LogP contribution in [0.5, 0.6) is 5.75 Å². The third-order valence-corrected chi connectivity index (χ3v) is 4.74. The van der Waals surface area contributed by atoms with Crippen molar-refractivity contribution in [2.45, 2.75) is 19.4 Å². The Hall–Kier alpha value is -3.22. The molecule has 0 saturated heterocycles. The number of hydrogen-bond donors (Lipinski definition) is 0. The van der Waals surface area contributed by atoms with Crippen LogP contribution in [0.2, 0.25) is 0 Å². The SMILES string of the molecule is COc1cccc(-c2nn3c(c2-c2nc4ccccn4n2)CCC3)c1F. The Morgan fingerprint density at radius 3 is 2.88 bits per heavy atom. The Kier molecular flexibility index (Phi) is 3.28. The summed E-state index contributed by atoms with van der Waals surface area (Å²) in [4.78, 5) is 4.64. The van der Waals surface area contributed by atoms with Crippen molar-refractivity contribution in [3.63, 3.8) is 0 Å². The number of pyridine rings is 1. The molecule has 0 saturated carbocycles. The molecule has 4 heterocycles. The van der Waals surface area contributed by atoms with Crippen molar-refractivity contribution < 1.29 is 9.13 Å². The summed E-state index contributed by atoms with van der Waals surface area (Å²) in [6.07, 6.45) is 3.74. The van der Waals surface area contributed by atoms with Crippen LogP contribution in [0.15, 0.2) is 42.6 Å². The van der Waals surface area contributed by atoms with Gasteiger partial charge >= 0.3 is 0 Å². The van der Waals surface area contributed by atoms with E-state index in [1.807, 2.05) is 29.1 Å². The first kappa shape index (κ1) is 15.1. The Bertz CT molecular complexity index is 1100. The van der Waals surface area contributed by atoms with Crippen molar-refractivity contribution >= 4 is 5.65 Å². The molecule has 0 atom stereocenters. The monoisotopic (exact) mass is 349 g/mol. The van der Waals surface area contributed by atoms with Crippen molar-refractivity contribution in [3.05, 3.63) is 54.1 Å². The van der Waals surface area contributed by atoms with Crippen molar-refractivity contribution in [2.24, 2.45) is 0 Å². The summed E-state index contributed by atoms with van der Waals surface area (Å²) >= 11 is 0. The molecule has 0 N–H and O–H groups in total. The van der Waals surface area contributed by atoms with Gasteiger partial charge in [0.05, 0.1) is 18.4 Å². The Balaban J connectivity index is 1.78. The summed E-state index contributed by atoms with van der Waals surface area (Å²) in [6, 6.07) is 10.8. The van der Waals surface area contributed by atoms with E-state index in [0.717, 1.165) is 36.3 Å². The lowest BCUT2D eigenvalue weighted by molar-refractivity contribution is 0.387. The van der Waals surface area contributed by atoms with Crippen molar-refractivity contribution in [1.82, 2.24) is 24.4 Å². The lowest BCUT2D eigenvalue weighted by Crippen LogP contribution is -1.96. The summed E-state index contributed by atoms with van der Waals surface area (Å²) in [5, 5.41) is 9.27. The first-order valence-electron chi connectivity index (χ1n) is 8.50. The van der Waals surface area contributed by atoms with Gasteiger partial charge in [-0.3, -0.25) is 4.68 Å². The van der Waals surface area contributed by atoms with Gasteiger partial charge in [-0.05, 0) is 37.1 Å². The van der Waals surface area contributed by atoms with Crippen LogP contribution >= 0.6 is 0 Å². The minimum absolute atomic E-state index is 0.199. The second-order valence-electron chi connectivity index (χ2n) is 6.26. The highest BCUT2D eigenvalue weighted by Gasteiger charge is 2.28. The van der Waals surface area contributed by atoms with E-state index in [0.29, 0.717) is 17.1 Å². The molecule has 0 spiro atoms. The molecule has 7 heteroatoms. The molecule has 5 rings (SSSR count). The number of hydrogen-bond acceptors (Lipinski definition) is 4. The normalized spacial score (nSPS) is 13.3. The van der Waals surface area contributed by atoms with Gasteiger partial charge in [0.15, 0.2) is 23.0 Å². The summed E-state index contributed by atoms with van der Waals surface area (Å²) in [7, 11) is 1.46. The molecule has 0 amide bonds. The zero-order valence-electron chi connectivity index (χ0n) is 14.2. The molecule has 26 heavy (non-hydrogen) atoms. The second-order valence-corrected chi connectivity index (χ2v) is 6.26. The average Bonchev–Trinajstić information content (AvgIpc) is 3.35. The van der Waals surface area contributed by atoms with Crippen LogP contribution < -0.4 is 4.74 Å². The number of aryl methyl sites for hydroxylation is 1. The van der Waals surface area contributed by atoms with Gasteiger partial charge in [0, 0.05) is 18.3 Å². The summed E-state index contributed by atoms with van der Waals surface area (Å²) in [5.74, 6) is 0.345. The molecule has 0 unspecified atom stereocenters. The fourth-order valence-electron chi connectivity index (χ4n) is 3.54. The molecule has 130 valence electrons. The fraction of sp³-hybridized carbons (Fsp3) is 0.211. The molecule has 1 aromatic carbocycles. The minimum atomic E-state index is -0.420. The van der Waals surface area contributed by atoms with Gasteiger partial charge in [-0.1, -0.05) is 12.1 Å². The first-order chi connectivity index (χ1) is 12.8. The van der Waals surface area contributed by atoms with Crippen LogP contribution in [0.4, 0.5) is 4.39 Å². The summed E-state index contributed by atoms with van der Waals surface area (Å²) < 4.78 is 23.7. The number of benzene rings is 1. The van der Waals surface area contributed by atoms with Crippen LogP contribution in [0.3, 0.4) is 0 Å². The molecule has 1 aliphatic heterocycles. The zero-order valence-corrected chi connectivity index (χ0v) is 14.2. The fourth-order valence-corrected chi connectivity index (χ4v) is 3.54. The quantitative estimate of drug-likeness (QED) is 0.569. The lowest BCUT2D eigenvalue weighted by atomic mass is 10.0. The number of ether oxygens (including phenoxy) is 1. The third kappa shape index (κ3) is 2.13. The van der Waals surface area contributed by atoms with E-state index in [-0.39, 0.29) is 5.75 Å². The lowest BCUT2D eigenvalue weighted by Gasteiger charge is -2.07. The van der Waals surface area contributed by atoms with Gasteiger partial charge in [0.2, 0.25) is 0 Å². The van der Waals surface area contributed by atoms with Crippen molar-refractivity contribution in [1.29, 1.82) is 0 Å². The van der Waals surface area contributed by atoms with Gasteiger partial charge in [0.1, 0.15) is 5.69 Å². The average molecular weight is 349 g/mol. The van der Waals surface area contributed by atoms with Gasteiger partial charge in [-0.15, -0.1) is 5.10 Å². The minimum Gasteiger partial charge on any atom is -0.494 e. The van der Waals surface area contributed by atoms with E-state index in [4.69, 9.17) is 4.74 Å². The first-order valence-corrected chi connectivity index (χ1v) is 8.50. The number of aromatic nitrogens is 5. The van der Waals surface area contributed by atoms with E-state index in [1.54, 1.807) is 22.7 Å². The highest BCUT2D eigenvalue weighted by molar-refractivity contribution is 5.81. The second kappa shape index (κ2) is 5.66. The molecular formula is C19H16FN5O. The zero-order chi connectivity index (χ0) is 17.7. The summed E-state index contributed by atoms with van der Waals surface area (Å²) in [5.41, 5.74) is 3.57. The topological polar surface area (TPSA) is 57.2 Å². The Labute approximate surface area is 148 Å². The van der Waals surface area contributed by atoms with E-state index in [9.17, 15) is 4.39 Å². The van der Waals surface area contributed by atoms with Gasteiger partial charge in [-0.2, -0.15) is 5.10 Å². The maximum atomic E-state index is 14.9. The van der Waals surface area contributed by atoms with Crippen molar-refractivity contribution in [3.8, 4) is 28.4 Å². The van der Waals surface area contributed by atoms with E-state index < -0.39 is 5.82 Å². The van der Waals surface area contributed by atoms with Crippen LogP contribution in [0.25, 0.3) is 28.3 Å². The third-order valence-electron chi connectivity index (χ3n) is 4.74. The molecule has 1 aliphatic rings. The van der Waals surface area contributed by atoms with E-state index in [1.165, 1.54) is 7.11 Å². The molecule has 0 radical (unpaired) electrons. The van der Waals surface area contributed by atoms with Crippen LogP contribution in [0.1, 0.15) is 12.1 Å². The van der Waals surface area contributed by atoms with Crippen molar-refractivity contribution in [2.75, 3.05) is 7.11 Å². The number of nitrogens with zero attached hydrogens (tertiary/aromatic N) is 5. The van der Waals surface area contributed by atoms with E-state index >= 15 is 0 Å². The number of halogens is 1. The Morgan fingerprint density at radius 1 is 1.12 bits per heavy atom. The largest absolute Gasteiger partial charge is 0.494 e. The van der Waals surface area contributed by atoms with Gasteiger partial charge < -0.3 is 4.74 Å². The van der Waals surface area contributed by atoms with Crippen LogP contribution in [0, 0.1) is 5.82 Å². The highest BCUT2D eigenvalue weighted by Crippen LogP contribution is 2.38. The van der Waals surface area contributed by atoms with Gasteiger partial charge in [0.25, 0.3) is 0 Å². The summed E-state index contributed by atoms with van der Waals surface area (Å²) in [6.45, 7) is 0.821. The smallest absolute Gasteiger partial charge is 0.186 e. The predicted octanol–water partition coefficient (Wildman–Crippen LogP) is 3.35. The maximum absolute atomic E-state index is 14.9. The van der Waals surface area contributed by atoms with Crippen LogP contribution in [-0.2, 0) is 13.0 Å². The molecule has 0 aliphatic carbocycles. The molecular weight excluding hydrogens is 333 g/mol. The maximum Gasteiger partial charge on any atom is 0.186 e. The van der Waals surface area contributed by atoms with Crippen LogP contribution in [-0.4, -0.2) is 31.5 Å². The molecule has 4 aromatic rings. The predicted molar refractivity (Wildman–Crippen MR) is 94.5 cm³/mol. The number of rotatable bonds is 3. The van der Waals surface area contributed by atoms with Gasteiger partial charge in [-0.25, -0.2) is 13.9 Å². The standard InChI is InChI=1S/C19H16FN5O/c1-26-14-8-4-6-12(17(14)20)18-16(13-7-5-11-24(13)22-18)19-21-15-9-2-3-10-25(15)23-19/h2-4,6,8-10H,5,7,11H2,1H3. The Morgan fingerprint density at radius 2 is 2.04 bits per heavy atom. The number of fused-ring (bicyclic) bond motifs is 2.